The smallest absolute Gasteiger partial charge is 0.229 e. The highest BCUT2D eigenvalue weighted by atomic mass is 16.5. The van der Waals surface area contributed by atoms with Crippen molar-refractivity contribution >= 4 is 0 Å². The third-order valence-electron chi connectivity index (χ3n) is 3.53. The largest absolute Gasteiger partial charge is 0.339 e. The maximum absolute atomic E-state index is 5.37. The van der Waals surface area contributed by atoms with Crippen LogP contribution in [0.15, 0.2) is 4.52 Å². The van der Waals surface area contributed by atoms with Crippen molar-refractivity contribution < 1.29 is 4.52 Å². The lowest BCUT2D eigenvalue weighted by Crippen LogP contribution is -2.32. The van der Waals surface area contributed by atoms with Gasteiger partial charge < -0.3 is 9.84 Å². The highest BCUT2D eigenvalue weighted by Gasteiger charge is 2.25. The van der Waals surface area contributed by atoms with Crippen molar-refractivity contribution in [3.63, 3.8) is 0 Å². The van der Waals surface area contributed by atoms with Gasteiger partial charge in [-0.3, -0.25) is 0 Å². The molecule has 0 atom stereocenters. The molecule has 1 saturated carbocycles. The summed E-state index contributed by atoms with van der Waals surface area (Å²) in [6.07, 6.45) is 6.80. The number of hydrogen-bond donors (Lipinski definition) is 1. The average Bonchev–Trinajstić information content (AvgIpc) is 2.80. The maximum atomic E-state index is 5.37. The molecule has 4 heteroatoms. The lowest BCUT2D eigenvalue weighted by Gasteiger charge is -2.26. The summed E-state index contributed by atoms with van der Waals surface area (Å²) in [5, 5.41) is 7.55. The molecule has 96 valence electrons. The van der Waals surface area contributed by atoms with Crippen LogP contribution in [0.2, 0.25) is 0 Å². The second-order valence-corrected chi connectivity index (χ2v) is 4.91. The van der Waals surface area contributed by atoms with E-state index in [1.165, 1.54) is 25.7 Å². The normalized spacial score (nSPS) is 25.1. The first-order chi connectivity index (χ1) is 8.33. The van der Waals surface area contributed by atoms with E-state index in [1.807, 2.05) is 0 Å². The van der Waals surface area contributed by atoms with E-state index >= 15 is 0 Å². The molecular formula is C13H23N3O. The zero-order valence-corrected chi connectivity index (χ0v) is 10.9. The van der Waals surface area contributed by atoms with Crippen LogP contribution in [0.3, 0.4) is 0 Å². The Labute approximate surface area is 103 Å². The second-order valence-electron chi connectivity index (χ2n) is 4.91. The molecule has 17 heavy (non-hydrogen) atoms. The number of aryl methyl sites for hydroxylation is 1. The van der Waals surface area contributed by atoms with Gasteiger partial charge in [0.1, 0.15) is 0 Å². The van der Waals surface area contributed by atoms with Gasteiger partial charge in [0.05, 0.1) is 0 Å². The molecule has 0 radical (unpaired) electrons. The predicted molar refractivity (Wildman–Crippen MR) is 67.0 cm³/mol. The number of rotatable bonds is 5. The van der Waals surface area contributed by atoms with Crippen LogP contribution in [-0.4, -0.2) is 22.7 Å². The van der Waals surface area contributed by atoms with E-state index < -0.39 is 0 Å². The summed E-state index contributed by atoms with van der Waals surface area (Å²) >= 11 is 0. The van der Waals surface area contributed by atoms with Crippen molar-refractivity contribution in [1.82, 2.24) is 15.5 Å². The molecule has 1 aromatic heterocycles. The molecule has 0 unspecified atom stereocenters. The van der Waals surface area contributed by atoms with Gasteiger partial charge in [0.15, 0.2) is 5.82 Å². The Morgan fingerprint density at radius 1 is 1.24 bits per heavy atom. The fraction of sp³-hybridized carbons (Fsp3) is 0.846. The molecule has 1 heterocycles. The Hall–Kier alpha value is -0.900. The minimum absolute atomic E-state index is 0.489. The first kappa shape index (κ1) is 12.6. The Kier molecular flexibility index (Phi) is 4.54. The van der Waals surface area contributed by atoms with E-state index in [9.17, 15) is 0 Å². The molecule has 0 aromatic carbocycles. The van der Waals surface area contributed by atoms with Gasteiger partial charge in [0.2, 0.25) is 5.89 Å². The van der Waals surface area contributed by atoms with Gasteiger partial charge in [-0.15, -0.1) is 0 Å². The van der Waals surface area contributed by atoms with Crippen molar-refractivity contribution in [2.45, 2.75) is 64.3 Å². The highest BCUT2D eigenvalue weighted by Crippen LogP contribution is 2.31. The van der Waals surface area contributed by atoms with Crippen LogP contribution in [0.25, 0.3) is 0 Å². The lowest BCUT2D eigenvalue weighted by molar-refractivity contribution is 0.283. The summed E-state index contributed by atoms with van der Waals surface area (Å²) in [7, 11) is 0. The van der Waals surface area contributed by atoms with Crippen molar-refractivity contribution in [2.75, 3.05) is 6.54 Å². The van der Waals surface area contributed by atoms with Gasteiger partial charge in [-0.05, 0) is 38.6 Å². The Morgan fingerprint density at radius 3 is 2.65 bits per heavy atom. The monoisotopic (exact) mass is 237 g/mol. The fourth-order valence-electron chi connectivity index (χ4n) is 2.59. The molecule has 1 N–H and O–H groups in total. The zero-order chi connectivity index (χ0) is 12.1. The Morgan fingerprint density at radius 2 is 2.00 bits per heavy atom. The van der Waals surface area contributed by atoms with E-state index in [-0.39, 0.29) is 0 Å². The predicted octanol–water partition coefficient (Wildman–Crippen LogP) is 2.66. The third kappa shape index (κ3) is 3.28. The number of hydrogen-bond acceptors (Lipinski definition) is 4. The van der Waals surface area contributed by atoms with Crippen LogP contribution < -0.4 is 5.32 Å². The van der Waals surface area contributed by atoms with E-state index in [2.05, 4.69) is 29.3 Å². The molecule has 2 rings (SSSR count). The van der Waals surface area contributed by atoms with Crippen molar-refractivity contribution in [2.24, 2.45) is 0 Å². The van der Waals surface area contributed by atoms with Gasteiger partial charge in [-0.2, -0.15) is 4.98 Å². The van der Waals surface area contributed by atoms with E-state index in [1.54, 1.807) is 0 Å². The van der Waals surface area contributed by atoms with Crippen molar-refractivity contribution in [1.29, 1.82) is 0 Å². The number of aromatic nitrogens is 2. The van der Waals surface area contributed by atoms with E-state index in [0.717, 1.165) is 31.1 Å². The summed E-state index contributed by atoms with van der Waals surface area (Å²) in [5.74, 6) is 2.22. The summed E-state index contributed by atoms with van der Waals surface area (Å²) in [5.41, 5.74) is 0. The quantitative estimate of drug-likeness (QED) is 0.855. The molecule has 1 aliphatic carbocycles. The second kappa shape index (κ2) is 6.15. The topological polar surface area (TPSA) is 51.0 Å². The van der Waals surface area contributed by atoms with Crippen LogP contribution in [0, 0.1) is 0 Å². The average molecular weight is 237 g/mol. The van der Waals surface area contributed by atoms with Crippen LogP contribution in [0.4, 0.5) is 0 Å². The standard InChI is InChI=1S/C13H23N3O/c1-3-5-12-15-13(17-16-12)10-6-8-11(9-7-10)14-4-2/h10-11,14H,3-9H2,1-2H3. The molecule has 0 spiro atoms. The first-order valence-corrected chi connectivity index (χ1v) is 6.89. The zero-order valence-electron chi connectivity index (χ0n) is 10.9. The van der Waals surface area contributed by atoms with Crippen LogP contribution in [0.1, 0.15) is 63.6 Å². The first-order valence-electron chi connectivity index (χ1n) is 6.89. The van der Waals surface area contributed by atoms with Crippen LogP contribution >= 0.6 is 0 Å². The minimum Gasteiger partial charge on any atom is -0.339 e. The summed E-state index contributed by atoms with van der Waals surface area (Å²) < 4.78 is 5.37. The van der Waals surface area contributed by atoms with Gasteiger partial charge in [-0.1, -0.05) is 19.0 Å². The molecular weight excluding hydrogens is 214 g/mol. The summed E-state index contributed by atoms with van der Waals surface area (Å²) in [4.78, 5) is 4.50. The number of nitrogens with zero attached hydrogens (tertiary/aromatic N) is 2. The van der Waals surface area contributed by atoms with E-state index in [0.29, 0.717) is 12.0 Å². The lowest BCUT2D eigenvalue weighted by atomic mass is 9.86. The van der Waals surface area contributed by atoms with Gasteiger partial charge in [-0.25, -0.2) is 0 Å². The minimum atomic E-state index is 0.489. The molecule has 0 amide bonds. The SMILES string of the molecule is CCCc1noc(C2CCC(NCC)CC2)n1. The van der Waals surface area contributed by atoms with Crippen LogP contribution in [0.5, 0.6) is 0 Å². The van der Waals surface area contributed by atoms with Crippen LogP contribution in [-0.2, 0) is 6.42 Å². The van der Waals surface area contributed by atoms with Gasteiger partial charge in [0, 0.05) is 18.4 Å². The fourth-order valence-corrected chi connectivity index (χ4v) is 2.59. The Bertz CT molecular complexity index is 329. The van der Waals surface area contributed by atoms with Crippen molar-refractivity contribution in [3.05, 3.63) is 11.7 Å². The summed E-state index contributed by atoms with van der Waals surface area (Å²) in [6, 6.07) is 0.689. The van der Waals surface area contributed by atoms with Crippen molar-refractivity contribution in [3.8, 4) is 0 Å². The molecule has 0 saturated heterocycles. The van der Waals surface area contributed by atoms with E-state index in [4.69, 9.17) is 4.52 Å². The molecule has 1 fully saturated rings. The maximum Gasteiger partial charge on any atom is 0.229 e. The van der Waals surface area contributed by atoms with Gasteiger partial charge >= 0.3 is 0 Å². The third-order valence-corrected chi connectivity index (χ3v) is 3.53. The molecule has 4 nitrogen and oxygen atoms in total. The molecule has 1 aromatic rings. The molecule has 0 bridgehead atoms. The molecule has 1 aliphatic rings. The van der Waals surface area contributed by atoms with Gasteiger partial charge in [0.25, 0.3) is 0 Å². The Balaban J connectivity index is 1.86. The molecule has 0 aliphatic heterocycles. The number of nitrogens with one attached hydrogen (secondary N) is 1. The summed E-state index contributed by atoms with van der Waals surface area (Å²) in [6.45, 7) is 5.37. The highest BCUT2D eigenvalue weighted by molar-refractivity contribution is 4.97.